The molecule has 270 valence electrons. The van der Waals surface area contributed by atoms with E-state index in [2.05, 4.69) is 197 Å². The first-order valence-electron chi connectivity index (χ1n) is 19.4. The third-order valence-corrected chi connectivity index (χ3v) is 12.7. The van der Waals surface area contributed by atoms with Gasteiger partial charge in [0.1, 0.15) is 0 Å². The van der Waals surface area contributed by atoms with Crippen LogP contribution in [0.25, 0.3) is 10.1 Å². The van der Waals surface area contributed by atoms with Gasteiger partial charge >= 0.3 is 0 Å². The van der Waals surface area contributed by atoms with Crippen LogP contribution < -0.4 is 26.2 Å². The molecule has 2 nitrogen and oxygen atoms in total. The van der Waals surface area contributed by atoms with Crippen molar-refractivity contribution in [1.29, 1.82) is 0 Å². The zero-order valence-electron chi connectivity index (χ0n) is 34.1. The number of anilines is 6. The minimum absolute atomic E-state index is 0.0129. The van der Waals surface area contributed by atoms with Gasteiger partial charge < -0.3 is 9.80 Å². The summed E-state index contributed by atoms with van der Waals surface area (Å²) in [5, 5.41) is 2.70. The Morgan fingerprint density at radius 2 is 1.02 bits per heavy atom. The van der Waals surface area contributed by atoms with Crippen molar-refractivity contribution in [3.8, 4) is 0 Å². The zero-order valence-corrected chi connectivity index (χ0v) is 34.9. The highest BCUT2D eigenvalue weighted by molar-refractivity contribution is 7.26. The van der Waals surface area contributed by atoms with Gasteiger partial charge in [0, 0.05) is 33.1 Å². The molecule has 0 saturated heterocycles. The molecular weight excluding hydrogens is 659 g/mol. The van der Waals surface area contributed by atoms with E-state index >= 15 is 0 Å². The van der Waals surface area contributed by atoms with Crippen molar-refractivity contribution >= 4 is 78.0 Å². The van der Waals surface area contributed by atoms with Gasteiger partial charge in [-0.05, 0) is 127 Å². The topological polar surface area (TPSA) is 6.48 Å². The maximum Gasteiger partial charge on any atom is 0.254 e. The van der Waals surface area contributed by atoms with Crippen LogP contribution in [-0.2, 0) is 21.7 Å². The summed E-state index contributed by atoms with van der Waals surface area (Å²) in [5.74, 6) is 0. The molecule has 2 aliphatic heterocycles. The Kier molecular flexibility index (Phi) is 8.00. The number of fused-ring (bicyclic) bond motifs is 6. The lowest BCUT2D eigenvalue weighted by Crippen LogP contribution is -2.61. The Balaban J connectivity index is 1.49. The molecule has 0 saturated carbocycles. The molecule has 0 aliphatic carbocycles. The molecule has 3 heterocycles. The molecule has 53 heavy (non-hydrogen) atoms. The number of nitrogens with zero attached hydrogens (tertiary/aromatic N) is 2. The molecule has 6 aromatic rings. The van der Waals surface area contributed by atoms with Gasteiger partial charge in [-0.2, -0.15) is 0 Å². The van der Waals surface area contributed by atoms with Crippen molar-refractivity contribution in [2.24, 2.45) is 0 Å². The fourth-order valence-corrected chi connectivity index (χ4v) is 9.66. The van der Waals surface area contributed by atoms with E-state index in [1.165, 1.54) is 87.7 Å². The van der Waals surface area contributed by atoms with Crippen LogP contribution >= 0.6 is 11.3 Å². The number of rotatable bonds is 2. The summed E-state index contributed by atoms with van der Waals surface area (Å²) in [7, 11) is 0. The van der Waals surface area contributed by atoms with Crippen molar-refractivity contribution in [3.63, 3.8) is 0 Å². The van der Waals surface area contributed by atoms with Crippen molar-refractivity contribution in [3.05, 3.63) is 125 Å². The summed E-state index contributed by atoms with van der Waals surface area (Å²) in [6, 6.07) is 38.1. The molecule has 0 bridgehead atoms. The summed E-state index contributed by atoms with van der Waals surface area (Å²) in [6.07, 6.45) is 0. The second kappa shape index (κ2) is 11.9. The molecule has 4 heteroatoms. The molecule has 2 aliphatic rings. The summed E-state index contributed by atoms with van der Waals surface area (Å²) < 4.78 is 1.36. The van der Waals surface area contributed by atoms with E-state index in [9.17, 15) is 0 Å². The Hall–Kier alpha value is -4.28. The van der Waals surface area contributed by atoms with E-state index in [1.54, 1.807) is 0 Å². The maximum absolute atomic E-state index is 2.59. The smallest absolute Gasteiger partial charge is 0.254 e. The van der Waals surface area contributed by atoms with Crippen molar-refractivity contribution < 1.29 is 0 Å². The second-order valence-corrected chi connectivity index (χ2v) is 20.8. The normalized spacial score (nSPS) is 14.4. The third kappa shape index (κ3) is 5.93. The average molecular weight is 715 g/mol. The fraction of sp³-hybridized carbons (Fsp3) is 0.347. The van der Waals surface area contributed by atoms with Crippen molar-refractivity contribution in [2.45, 2.75) is 112 Å². The largest absolute Gasteiger partial charge is 0.311 e. The minimum atomic E-state index is 0.0129. The monoisotopic (exact) mass is 714 g/mol. The molecule has 0 N–H and O–H groups in total. The van der Waals surface area contributed by atoms with Crippen LogP contribution in [0.15, 0.2) is 97.1 Å². The van der Waals surface area contributed by atoms with Gasteiger partial charge in [0.15, 0.2) is 0 Å². The summed E-state index contributed by atoms with van der Waals surface area (Å²) in [5.41, 5.74) is 17.4. The predicted molar refractivity (Wildman–Crippen MR) is 235 cm³/mol. The van der Waals surface area contributed by atoms with Crippen LogP contribution in [0.5, 0.6) is 0 Å². The first-order valence-corrected chi connectivity index (χ1v) is 20.2. The molecule has 1 aromatic heterocycles. The second-order valence-electron chi connectivity index (χ2n) is 19.7. The van der Waals surface area contributed by atoms with Crippen LogP contribution in [0.3, 0.4) is 0 Å². The lowest BCUT2D eigenvalue weighted by Gasteiger charge is -2.44. The molecule has 0 amide bonds. The number of benzene rings is 5. The van der Waals surface area contributed by atoms with E-state index in [1.807, 2.05) is 11.3 Å². The average Bonchev–Trinajstić information content (AvgIpc) is 3.44. The molecule has 0 spiro atoms. The number of hydrogen-bond donors (Lipinski definition) is 0. The predicted octanol–water partition coefficient (Wildman–Crippen LogP) is 12.5. The van der Waals surface area contributed by atoms with Gasteiger partial charge in [-0.3, -0.25) is 0 Å². The highest BCUT2D eigenvalue weighted by atomic mass is 32.1. The van der Waals surface area contributed by atoms with E-state index in [4.69, 9.17) is 0 Å². The van der Waals surface area contributed by atoms with Crippen LogP contribution in [-0.4, -0.2) is 6.71 Å². The summed E-state index contributed by atoms with van der Waals surface area (Å²) in [6.45, 7) is 30.2. The van der Waals surface area contributed by atoms with Gasteiger partial charge in [0.2, 0.25) is 0 Å². The maximum atomic E-state index is 2.59. The van der Waals surface area contributed by atoms with Gasteiger partial charge in [0.05, 0.1) is 5.00 Å². The fourth-order valence-electron chi connectivity index (χ4n) is 8.35. The molecule has 0 fully saturated rings. The highest BCUT2D eigenvalue weighted by Crippen LogP contribution is 2.49. The van der Waals surface area contributed by atoms with Crippen LogP contribution in [0.2, 0.25) is 0 Å². The van der Waals surface area contributed by atoms with E-state index in [0.29, 0.717) is 0 Å². The molecule has 0 radical (unpaired) electrons. The quantitative estimate of drug-likeness (QED) is 0.165. The molecule has 8 rings (SSSR count). The third-order valence-electron chi connectivity index (χ3n) is 11.5. The van der Waals surface area contributed by atoms with E-state index < -0.39 is 0 Å². The van der Waals surface area contributed by atoms with Crippen molar-refractivity contribution in [2.75, 3.05) is 9.80 Å². The van der Waals surface area contributed by atoms with E-state index in [-0.39, 0.29) is 28.4 Å². The molecule has 5 aromatic carbocycles. The Labute approximate surface area is 323 Å². The van der Waals surface area contributed by atoms with Crippen molar-refractivity contribution in [1.82, 2.24) is 0 Å². The van der Waals surface area contributed by atoms with Crippen LogP contribution in [0.1, 0.15) is 111 Å². The number of hydrogen-bond acceptors (Lipinski definition) is 3. The van der Waals surface area contributed by atoms with Gasteiger partial charge in [-0.15, -0.1) is 11.3 Å². The van der Waals surface area contributed by atoms with Crippen LogP contribution in [0.4, 0.5) is 33.4 Å². The van der Waals surface area contributed by atoms with Gasteiger partial charge in [-0.25, -0.2) is 0 Å². The highest BCUT2D eigenvalue weighted by Gasteiger charge is 2.46. The van der Waals surface area contributed by atoms with Crippen LogP contribution in [0, 0.1) is 6.92 Å². The lowest BCUT2D eigenvalue weighted by atomic mass is 9.33. The number of thiophene rings is 1. The van der Waals surface area contributed by atoms with Gasteiger partial charge in [-0.1, -0.05) is 132 Å². The Morgan fingerprint density at radius 3 is 1.64 bits per heavy atom. The SMILES string of the molecule is Cc1cc2c3c(c1)N(c1ccc(C(C)(C)C)cc1)c1sc4cc(C(C)(C)C)ccc4c1B3c1cc(C(C)(C)C)ccc1N2c1cccc(C(C)(C)C)c1. The first kappa shape index (κ1) is 35.7. The molecular formula is C49H55BN2S. The lowest BCUT2D eigenvalue weighted by molar-refractivity contribution is 0.590. The standard InChI is InChI=1S/C49H55BN2S/c1-30-25-40-44-41(26-30)52(35-21-17-31(18-22-35)46(2,3)4)45-43(37-23-19-34(49(11,12)13)29-42(37)53-45)50(44)38-28-33(48(8,9)10)20-24-39(38)51(40)36-16-14-15-32(27-36)47(5,6)7/h14-29H,1-13H3. The Morgan fingerprint density at radius 1 is 0.472 bits per heavy atom. The summed E-state index contributed by atoms with van der Waals surface area (Å²) >= 11 is 1.96. The number of aryl methyl sites for hydroxylation is 1. The van der Waals surface area contributed by atoms with Gasteiger partial charge in [0.25, 0.3) is 6.71 Å². The molecule has 0 unspecified atom stereocenters. The summed E-state index contributed by atoms with van der Waals surface area (Å²) in [4.78, 5) is 5.16. The minimum Gasteiger partial charge on any atom is -0.311 e. The zero-order chi connectivity index (χ0) is 38.0. The molecule has 0 atom stereocenters. The van der Waals surface area contributed by atoms with E-state index in [0.717, 1.165) is 0 Å². The Bertz CT molecular complexity index is 2400. The first-order chi connectivity index (χ1) is 24.7.